The van der Waals surface area contributed by atoms with Crippen molar-refractivity contribution in [3.8, 4) is 11.4 Å². The fourth-order valence-electron chi connectivity index (χ4n) is 3.69. The van der Waals surface area contributed by atoms with E-state index in [1.54, 1.807) is 15.4 Å². The van der Waals surface area contributed by atoms with Gasteiger partial charge in [0.05, 0.1) is 18.9 Å². The van der Waals surface area contributed by atoms with Crippen molar-refractivity contribution in [3.05, 3.63) is 22.7 Å². The number of aromatic nitrogens is 6. The van der Waals surface area contributed by atoms with Crippen molar-refractivity contribution in [2.45, 2.75) is 38.8 Å². The zero-order valence-corrected chi connectivity index (χ0v) is 16.2. The molecule has 0 radical (unpaired) electrons. The number of aromatic amines is 1. The Labute approximate surface area is 161 Å². The van der Waals surface area contributed by atoms with Gasteiger partial charge in [-0.2, -0.15) is 10.1 Å². The Balaban J connectivity index is 1.87. The Hall–Kier alpha value is -3.17. The van der Waals surface area contributed by atoms with Crippen LogP contribution < -0.4 is 10.5 Å². The zero-order chi connectivity index (χ0) is 19.8. The number of imidazole rings is 1. The highest BCUT2D eigenvalue weighted by Crippen LogP contribution is 2.26. The Morgan fingerprint density at radius 1 is 1.39 bits per heavy atom. The smallest absolute Gasteiger partial charge is 0.328 e. The molecule has 28 heavy (non-hydrogen) atoms. The van der Waals surface area contributed by atoms with Crippen LogP contribution in [0.25, 0.3) is 22.6 Å². The molecule has 10 heteroatoms. The van der Waals surface area contributed by atoms with Crippen molar-refractivity contribution >= 4 is 23.1 Å². The molecule has 0 aliphatic carbocycles. The molecule has 148 valence electrons. The predicted molar refractivity (Wildman–Crippen MR) is 103 cm³/mol. The number of esters is 1. The number of fused-ring (bicyclic) bond motifs is 1. The maximum Gasteiger partial charge on any atom is 0.328 e. The van der Waals surface area contributed by atoms with Crippen LogP contribution in [0, 0.1) is 0 Å². The summed E-state index contributed by atoms with van der Waals surface area (Å²) >= 11 is 0. The summed E-state index contributed by atoms with van der Waals surface area (Å²) < 4.78 is 8.23. The van der Waals surface area contributed by atoms with Gasteiger partial charge in [-0.15, -0.1) is 0 Å². The molecule has 1 fully saturated rings. The molecule has 1 saturated heterocycles. The monoisotopic (exact) mass is 385 g/mol. The normalized spacial score (nSPS) is 16.8. The number of aryl methyl sites for hydroxylation is 1. The number of rotatable bonds is 5. The number of nitrogens with zero attached hydrogens (tertiary/aromatic N) is 6. The largest absolute Gasteiger partial charge is 0.467 e. The Kier molecular flexibility index (Phi) is 4.62. The number of hydrogen-bond donors (Lipinski definition) is 1. The molecule has 10 nitrogen and oxygen atoms in total. The first kappa shape index (κ1) is 18.2. The molecule has 1 unspecified atom stereocenters. The first-order valence-electron chi connectivity index (χ1n) is 9.37. The number of H-pyrrole nitrogens is 1. The van der Waals surface area contributed by atoms with Crippen molar-refractivity contribution in [3.63, 3.8) is 0 Å². The van der Waals surface area contributed by atoms with Gasteiger partial charge in [-0.1, -0.05) is 6.92 Å². The van der Waals surface area contributed by atoms with Gasteiger partial charge < -0.3 is 14.6 Å². The van der Waals surface area contributed by atoms with Gasteiger partial charge in [0, 0.05) is 26.3 Å². The van der Waals surface area contributed by atoms with Crippen molar-refractivity contribution in [2.24, 2.45) is 7.05 Å². The van der Waals surface area contributed by atoms with Crippen LogP contribution in [0.4, 0.5) is 5.95 Å². The van der Waals surface area contributed by atoms with E-state index in [4.69, 9.17) is 4.74 Å². The van der Waals surface area contributed by atoms with Crippen molar-refractivity contribution < 1.29 is 9.53 Å². The van der Waals surface area contributed by atoms with Gasteiger partial charge in [-0.05, 0) is 19.3 Å². The number of hydrogen-bond acceptors (Lipinski definition) is 7. The first-order valence-corrected chi connectivity index (χ1v) is 9.37. The van der Waals surface area contributed by atoms with E-state index in [1.165, 1.54) is 7.11 Å². The quantitative estimate of drug-likeness (QED) is 0.654. The Morgan fingerprint density at radius 2 is 2.21 bits per heavy atom. The van der Waals surface area contributed by atoms with E-state index in [0.29, 0.717) is 42.4 Å². The van der Waals surface area contributed by atoms with Crippen LogP contribution in [0.5, 0.6) is 0 Å². The second-order valence-electron chi connectivity index (χ2n) is 6.93. The Morgan fingerprint density at radius 3 is 2.89 bits per heavy atom. The number of nitrogens with one attached hydrogen (secondary N) is 1. The molecular weight excluding hydrogens is 362 g/mol. The molecule has 0 amide bonds. The standard InChI is InChI=1S/C18H23N7O3/c1-4-7-25-16(26)13-15(21-14(20-13)11-9-19-23(2)10-11)22-18(25)24-8-5-6-12(24)17(27)28-3/h9-10,12H,4-8H2,1-3H3,(H,20,21). The van der Waals surface area contributed by atoms with E-state index < -0.39 is 6.04 Å². The molecule has 4 heterocycles. The molecule has 1 atom stereocenters. The SMILES string of the molecule is CCCn1c(N2CCCC2C(=O)OC)nc2nc(-c3cnn(C)c3)[nH]c2c1=O. The molecule has 3 aromatic rings. The second kappa shape index (κ2) is 7.10. The van der Waals surface area contributed by atoms with E-state index in [2.05, 4.69) is 20.1 Å². The fourth-order valence-corrected chi connectivity index (χ4v) is 3.69. The lowest BCUT2D eigenvalue weighted by Gasteiger charge is -2.26. The highest BCUT2D eigenvalue weighted by atomic mass is 16.5. The van der Waals surface area contributed by atoms with Crippen LogP contribution >= 0.6 is 0 Å². The summed E-state index contributed by atoms with van der Waals surface area (Å²) in [6, 6.07) is -0.436. The lowest BCUT2D eigenvalue weighted by molar-refractivity contribution is -0.141. The van der Waals surface area contributed by atoms with E-state index in [-0.39, 0.29) is 11.5 Å². The van der Waals surface area contributed by atoms with Crippen molar-refractivity contribution in [1.29, 1.82) is 0 Å². The van der Waals surface area contributed by atoms with E-state index in [1.807, 2.05) is 25.1 Å². The third-order valence-corrected chi connectivity index (χ3v) is 5.00. The van der Waals surface area contributed by atoms with E-state index in [9.17, 15) is 9.59 Å². The van der Waals surface area contributed by atoms with Crippen LogP contribution in [0.2, 0.25) is 0 Å². The number of anilines is 1. The van der Waals surface area contributed by atoms with Crippen LogP contribution in [-0.2, 0) is 23.1 Å². The minimum Gasteiger partial charge on any atom is -0.467 e. The van der Waals surface area contributed by atoms with Crippen molar-refractivity contribution in [2.75, 3.05) is 18.6 Å². The third-order valence-electron chi connectivity index (χ3n) is 5.00. The predicted octanol–water partition coefficient (Wildman–Crippen LogP) is 1.07. The van der Waals surface area contributed by atoms with E-state index >= 15 is 0 Å². The van der Waals surface area contributed by atoms with Gasteiger partial charge in [-0.25, -0.2) is 9.78 Å². The first-order chi connectivity index (χ1) is 13.5. The average molecular weight is 385 g/mol. The summed E-state index contributed by atoms with van der Waals surface area (Å²) in [5.74, 6) is 0.697. The molecule has 3 aromatic heterocycles. The number of methoxy groups -OCH3 is 1. The van der Waals surface area contributed by atoms with Gasteiger partial charge in [0.25, 0.3) is 5.56 Å². The molecule has 1 N–H and O–H groups in total. The maximum atomic E-state index is 13.2. The number of carbonyl (C=O) groups is 1. The van der Waals surface area contributed by atoms with Crippen molar-refractivity contribution in [1.82, 2.24) is 29.3 Å². The van der Waals surface area contributed by atoms with Gasteiger partial charge >= 0.3 is 5.97 Å². The highest BCUT2D eigenvalue weighted by Gasteiger charge is 2.34. The molecule has 0 spiro atoms. The molecule has 0 aromatic carbocycles. The molecular formula is C18H23N7O3. The number of carbonyl (C=O) groups excluding carboxylic acids is 1. The fraction of sp³-hybridized carbons (Fsp3) is 0.500. The zero-order valence-electron chi connectivity index (χ0n) is 16.2. The third kappa shape index (κ3) is 2.94. The molecule has 0 bridgehead atoms. The summed E-state index contributed by atoms with van der Waals surface area (Å²) in [5, 5.41) is 4.15. The highest BCUT2D eigenvalue weighted by molar-refractivity contribution is 5.81. The Bertz CT molecular complexity index is 1080. The van der Waals surface area contributed by atoms with Gasteiger partial charge in [0.15, 0.2) is 11.2 Å². The molecule has 1 aliphatic rings. The minimum absolute atomic E-state index is 0.194. The van der Waals surface area contributed by atoms with Crippen LogP contribution in [0.15, 0.2) is 17.2 Å². The number of ether oxygens (including phenoxy) is 1. The van der Waals surface area contributed by atoms with Gasteiger partial charge in [-0.3, -0.25) is 14.0 Å². The summed E-state index contributed by atoms with van der Waals surface area (Å²) in [4.78, 5) is 39.5. The summed E-state index contributed by atoms with van der Waals surface area (Å²) in [7, 11) is 3.19. The van der Waals surface area contributed by atoms with E-state index in [0.717, 1.165) is 18.4 Å². The summed E-state index contributed by atoms with van der Waals surface area (Å²) in [5.41, 5.74) is 1.27. The topological polar surface area (TPSA) is 111 Å². The lowest BCUT2D eigenvalue weighted by atomic mass is 10.2. The van der Waals surface area contributed by atoms with Crippen LogP contribution in [-0.4, -0.2) is 55.0 Å². The summed E-state index contributed by atoms with van der Waals surface area (Å²) in [6.07, 6.45) is 5.77. The maximum absolute atomic E-state index is 13.2. The molecule has 1 aliphatic heterocycles. The summed E-state index contributed by atoms with van der Waals surface area (Å²) in [6.45, 7) is 3.14. The average Bonchev–Trinajstić information content (AvgIpc) is 3.41. The molecule has 0 saturated carbocycles. The minimum atomic E-state index is -0.436. The lowest BCUT2D eigenvalue weighted by Crippen LogP contribution is -2.41. The molecule has 4 rings (SSSR count). The second-order valence-corrected chi connectivity index (χ2v) is 6.93. The van der Waals surface area contributed by atoms with Crippen LogP contribution in [0.3, 0.4) is 0 Å². The van der Waals surface area contributed by atoms with Crippen LogP contribution in [0.1, 0.15) is 26.2 Å². The van der Waals surface area contributed by atoms with Gasteiger partial charge in [0.2, 0.25) is 5.95 Å². The van der Waals surface area contributed by atoms with Gasteiger partial charge in [0.1, 0.15) is 11.9 Å².